The summed E-state index contributed by atoms with van der Waals surface area (Å²) in [6.07, 6.45) is 6.19. The van der Waals surface area contributed by atoms with Crippen molar-refractivity contribution < 1.29 is 8.42 Å². The topological polar surface area (TPSA) is 90.1 Å². The largest absolute Gasteiger partial charge is 0.347 e. The van der Waals surface area contributed by atoms with Gasteiger partial charge >= 0.3 is 0 Å². The van der Waals surface area contributed by atoms with Crippen molar-refractivity contribution in [1.29, 1.82) is 0 Å². The lowest BCUT2D eigenvalue weighted by Crippen LogP contribution is -2.52. The minimum atomic E-state index is -3.47. The van der Waals surface area contributed by atoms with E-state index >= 15 is 0 Å². The van der Waals surface area contributed by atoms with Crippen molar-refractivity contribution >= 4 is 10.2 Å². The van der Waals surface area contributed by atoms with Crippen LogP contribution >= 0.6 is 0 Å². The zero-order chi connectivity index (χ0) is 15.3. The van der Waals surface area contributed by atoms with Gasteiger partial charge in [0.1, 0.15) is 5.82 Å². The number of nitrogens with one attached hydrogen (secondary N) is 3. The second-order valence-corrected chi connectivity index (χ2v) is 7.39. The van der Waals surface area contributed by atoms with E-state index in [1.807, 2.05) is 0 Å². The zero-order valence-corrected chi connectivity index (χ0v) is 13.5. The fourth-order valence-electron chi connectivity index (χ4n) is 2.50. The molecule has 0 saturated carbocycles. The monoisotopic (exact) mass is 315 g/mol. The number of hydrogen-bond donors (Lipinski definition) is 3. The van der Waals surface area contributed by atoms with Crippen LogP contribution in [0.25, 0.3) is 0 Å². The minimum absolute atomic E-state index is 0.0234. The van der Waals surface area contributed by atoms with E-state index in [0.29, 0.717) is 25.0 Å². The quantitative estimate of drug-likeness (QED) is 0.687. The van der Waals surface area contributed by atoms with E-state index < -0.39 is 10.2 Å². The Labute approximate surface area is 126 Å². The molecule has 1 unspecified atom stereocenters. The van der Waals surface area contributed by atoms with E-state index in [4.69, 9.17) is 0 Å². The Morgan fingerprint density at radius 3 is 2.95 bits per heavy atom. The maximum absolute atomic E-state index is 12.5. The van der Waals surface area contributed by atoms with Crippen LogP contribution in [0.15, 0.2) is 12.4 Å². The van der Waals surface area contributed by atoms with Crippen LogP contribution in [-0.2, 0) is 16.8 Å². The van der Waals surface area contributed by atoms with Crippen molar-refractivity contribution in [3.8, 4) is 0 Å². The Bertz CT molecular complexity index is 515. The van der Waals surface area contributed by atoms with Crippen LogP contribution in [0.3, 0.4) is 0 Å². The predicted octanol–water partition coefficient (Wildman–Crippen LogP) is 0.597. The molecule has 0 bridgehead atoms. The van der Waals surface area contributed by atoms with Gasteiger partial charge in [-0.2, -0.15) is 17.4 Å². The smallest absolute Gasteiger partial charge is 0.280 e. The highest BCUT2D eigenvalue weighted by atomic mass is 32.2. The first-order valence-corrected chi connectivity index (χ1v) is 8.91. The number of imidazole rings is 1. The summed E-state index contributed by atoms with van der Waals surface area (Å²) in [5.74, 6) is 0.618. The third kappa shape index (κ3) is 4.77. The van der Waals surface area contributed by atoms with E-state index in [1.165, 1.54) is 0 Å². The van der Waals surface area contributed by atoms with E-state index in [-0.39, 0.29) is 12.6 Å². The fraction of sp³-hybridized carbons (Fsp3) is 0.769. The lowest BCUT2D eigenvalue weighted by atomic mass is 10.0. The molecule has 1 aromatic rings. The van der Waals surface area contributed by atoms with Crippen LogP contribution in [0.2, 0.25) is 0 Å². The molecule has 1 aromatic heterocycles. The normalized spacial score (nSPS) is 21.0. The molecule has 1 fully saturated rings. The van der Waals surface area contributed by atoms with Gasteiger partial charge in [-0.15, -0.1) is 0 Å². The highest BCUT2D eigenvalue weighted by Crippen LogP contribution is 2.19. The minimum Gasteiger partial charge on any atom is -0.347 e. The van der Waals surface area contributed by atoms with E-state index in [0.717, 1.165) is 19.3 Å². The molecule has 0 amide bonds. The number of H-pyrrole nitrogens is 1. The number of aromatic nitrogens is 2. The number of rotatable bonds is 7. The summed E-state index contributed by atoms with van der Waals surface area (Å²) >= 11 is 0. The molecule has 7 nitrogen and oxygen atoms in total. The molecular weight excluding hydrogens is 290 g/mol. The molecule has 1 saturated heterocycles. The van der Waals surface area contributed by atoms with Crippen molar-refractivity contribution in [1.82, 2.24) is 24.3 Å². The van der Waals surface area contributed by atoms with Crippen LogP contribution in [-0.4, -0.2) is 47.9 Å². The maximum Gasteiger partial charge on any atom is 0.280 e. The lowest BCUT2D eigenvalue weighted by Gasteiger charge is -2.35. The molecule has 1 atom stereocenters. The van der Waals surface area contributed by atoms with Gasteiger partial charge in [-0.1, -0.05) is 20.3 Å². The molecule has 0 aliphatic carbocycles. The lowest BCUT2D eigenvalue weighted by molar-refractivity contribution is 0.239. The van der Waals surface area contributed by atoms with Gasteiger partial charge in [0.2, 0.25) is 0 Å². The van der Waals surface area contributed by atoms with Crippen molar-refractivity contribution in [2.75, 3.05) is 13.1 Å². The first-order valence-electron chi connectivity index (χ1n) is 7.47. The molecule has 0 spiro atoms. The summed E-state index contributed by atoms with van der Waals surface area (Å²) in [4.78, 5) is 6.92. The van der Waals surface area contributed by atoms with Gasteiger partial charge in [0.15, 0.2) is 0 Å². The zero-order valence-electron chi connectivity index (χ0n) is 12.7. The van der Waals surface area contributed by atoms with Gasteiger partial charge in [0.25, 0.3) is 10.2 Å². The molecule has 2 heterocycles. The molecule has 3 N–H and O–H groups in total. The summed E-state index contributed by atoms with van der Waals surface area (Å²) < 4.78 is 29.2. The molecule has 0 aromatic carbocycles. The van der Waals surface area contributed by atoms with Crippen molar-refractivity contribution in [3.05, 3.63) is 18.2 Å². The van der Waals surface area contributed by atoms with Crippen LogP contribution in [0.5, 0.6) is 0 Å². The molecule has 2 rings (SSSR count). The number of piperidine rings is 1. The third-order valence-electron chi connectivity index (χ3n) is 3.62. The second kappa shape index (κ2) is 7.35. The van der Waals surface area contributed by atoms with E-state index in [1.54, 1.807) is 16.7 Å². The molecule has 0 radical (unpaired) electrons. The van der Waals surface area contributed by atoms with Crippen molar-refractivity contribution in [2.45, 2.75) is 51.7 Å². The Balaban J connectivity index is 1.97. The van der Waals surface area contributed by atoms with Gasteiger partial charge in [-0.3, -0.25) is 0 Å². The van der Waals surface area contributed by atoms with Crippen LogP contribution in [0.4, 0.5) is 0 Å². The summed E-state index contributed by atoms with van der Waals surface area (Å²) in [7, 11) is -3.47. The molecular formula is C13H25N5O2S. The highest BCUT2D eigenvalue weighted by molar-refractivity contribution is 7.87. The average Bonchev–Trinajstić information content (AvgIpc) is 2.97. The standard InChI is InChI=1S/C13H25N5O2S/c1-11(2)16-9-12-5-3-4-8-18(12)21(19,20)17-10-13-14-6-7-15-13/h6-7,11-12,16-17H,3-5,8-10H2,1-2H3,(H,14,15). The SMILES string of the molecule is CC(C)NCC1CCCCN1S(=O)(=O)NCc1ncc[nH]1. The van der Waals surface area contributed by atoms with Gasteiger partial charge in [0.05, 0.1) is 6.54 Å². The molecule has 120 valence electrons. The van der Waals surface area contributed by atoms with Crippen LogP contribution < -0.4 is 10.0 Å². The Hall–Kier alpha value is -0.960. The van der Waals surface area contributed by atoms with Crippen molar-refractivity contribution in [2.24, 2.45) is 0 Å². The number of nitrogens with zero attached hydrogens (tertiary/aromatic N) is 2. The Morgan fingerprint density at radius 1 is 1.48 bits per heavy atom. The Morgan fingerprint density at radius 2 is 2.29 bits per heavy atom. The molecule has 8 heteroatoms. The van der Waals surface area contributed by atoms with Crippen molar-refractivity contribution in [3.63, 3.8) is 0 Å². The van der Waals surface area contributed by atoms with Gasteiger partial charge < -0.3 is 10.3 Å². The van der Waals surface area contributed by atoms with Gasteiger partial charge in [0, 0.05) is 37.6 Å². The summed E-state index contributed by atoms with van der Waals surface area (Å²) in [5.41, 5.74) is 0. The summed E-state index contributed by atoms with van der Waals surface area (Å²) in [6.45, 7) is 5.60. The van der Waals surface area contributed by atoms with E-state index in [2.05, 4.69) is 33.9 Å². The molecule has 1 aliphatic heterocycles. The van der Waals surface area contributed by atoms with Crippen LogP contribution in [0.1, 0.15) is 38.9 Å². The highest BCUT2D eigenvalue weighted by Gasteiger charge is 2.31. The van der Waals surface area contributed by atoms with Gasteiger partial charge in [-0.05, 0) is 12.8 Å². The Kier molecular flexibility index (Phi) is 5.74. The predicted molar refractivity (Wildman–Crippen MR) is 81.8 cm³/mol. The fourth-order valence-corrected chi connectivity index (χ4v) is 3.93. The number of aromatic amines is 1. The van der Waals surface area contributed by atoms with Gasteiger partial charge in [-0.25, -0.2) is 4.98 Å². The molecule has 1 aliphatic rings. The summed E-state index contributed by atoms with van der Waals surface area (Å²) in [5, 5.41) is 3.33. The third-order valence-corrected chi connectivity index (χ3v) is 5.23. The number of hydrogen-bond acceptors (Lipinski definition) is 4. The first kappa shape index (κ1) is 16.4. The first-order chi connectivity index (χ1) is 9.99. The van der Waals surface area contributed by atoms with Crippen LogP contribution in [0, 0.1) is 0 Å². The van der Waals surface area contributed by atoms with E-state index in [9.17, 15) is 8.42 Å². The summed E-state index contributed by atoms with van der Waals surface area (Å²) in [6, 6.07) is 0.378. The second-order valence-electron chi connectivity index (χ2n) is 5.69. The maximum atomic E-state index is 12.5. The average molecular weight is 315 g/mol. The molecule has 21 heavy (non-hydrogen) atoms.